The third-order valence-corrected chi connectivity index (χ3v) is 3.92. The Bertz CT molecular complexity index is 447. The van der Waals surface area contributed by atoms with Gasteiger partial charge < -0.3 is 15.2 Å². The fourth-order valence-corrected chi connectivity index (χ4v) is 2.70. The number of benzene rings is 1. The number of hydrogen-bond acceptors (Lipinski definition) is 3. The van der Waals surface area contributed by atoms with Gasteiger partial charge in [0, 0.05) is 18.6 Å². The van der Waals surface area contributed by atoms with E-state index in [9.17, 15) is 9.90 Å². The van der Waals surface area contributed by atoms with Crippen LogP contribution in [0.1, 0.15) is 31.7 Å². The average molecular weight is 277 g/mol. The highest BCUT2D eigenvalue weighted by atomic mass is 16.5. The van der Waals surface area contributed by atoms with Crippen LogP contribution in [0.2, 0.25) is 0 Å². The minimum atomic E-state index is -0.114. The molecule has 0 saturated heterocycles. The summed E-state index contributed by atoms with van der Waals surface area (Å²) in [7, 11) is 0. The van der Waals surface area contributed by atoms with E-state index in [1.54, 1.807) is 0 Å². The Kier molecular flexibility index (Phi) is 5.41. The molecule has 0 radical (unpaired) electrons. The molecule has 2 atom stereocenters. The van der Waals surface area contributed by atoms with Gasteiger partial charge in [-0.15, -0.1) is 0 Å². The van der Waals surface area contributed by atoms with E-state index in [-0.39, 0.29) is 31.1 Å². The van der Waals surface area contributed by atoms with Gasteiger partial charge in [-0.3, -0.25) is 4.79 Å². The van der Waals surface area contributed by atoms with Gasteiger partial charge in [-0.25, -0.2) is 0 Å². The second-order valence-corrected chi connectivity index (χ2v) is 5.34. The Labute approximate surface area is 120 Å². The van der Waals surface area contributed by atoms with Crippen molar-refractivity contribution in [2.45, 2.75) is 38.6 Å². The van der Waals surface area contributed by atoms with E-state index in [0.717, 1.165) is 31.4 Å². The van der Waals surface area contributed by atoms with Gasteiger partial charge >= 0.3 is 0 Å². The minimum Gasteiger partial charge on any atom is -0.484 e. The van der Waals surface area contributed by atoms with Crippen LogP contribution >= 0.6 is 0 Å². The van der Waals surface area contributed by atoms with Crippen LogP contribution in [-0.4, -0.2) is 30.3 Å². The van der Waals surface area contributed by atoms with Crippen LogP contribution in [0, 0.1) is 5.92 Å². The zero-order valence-corrected chi connectivity index (χ0v) is 12.0. The molecule has 20 heavy (non-hydrogen) atoms. The average Bonchev–Trinajstić information content (AvgIpc) is 2.92. The highest BCUT2D eigenvalue weighted by molar-refractivity contribution is 5.77. The van der Waals surface area contributed by atoms with Crippen molar-refractivity contribution in [3.63, 3.8) is 0 Å². The van der Waals surface area contributed by atoms with Crippen LogP contribution < -0.4 is 10.1 Å². The maximum atomic E-state index is 11.9. The number of aliphatic hydroxyl groups excluding tert-OH is 1. The zero-order chi connectivity index (χ0) is 14.4. The van der Waals surface area contributed by atoms with E-state index in [1.165, 1.54) is 5.56 Å². The molecule has 0 heterocycles. The van der Waals surface area contributed by atoms with Crippen molar-refractivity contribution in [2.24, 2.45) is 5.92 Å². The van der Waals surface area contributed by atoms with Gasteiger partial charge in [0.2, 0.25) is 0 Å². The first-order valence-electron chi connectivity index (χ1n) is 7.35. The van der Waals surface area contributed by atoms with E-state index in [0.29, 0.717) is 0 Å². The maximum Gasteiger partial charge on any atom is 0.258 e. The molecular weight excluding hydrogens is 254 g/mol. The predicted octanol–water partition coefficient (Wildman–Crippen LogP) is 1.90. The van der Waals surface area contributed by atoms with Crippen LogP contribution in [-0.2, 0) is 11.2 Å². The number of carbonyl (C=O) groups is 1. The smallest absolute Gasteiger partial charge is 0.258 e. The normalized spacial score (nSPS) is 21.7. The minimum absolute atomic E-state index is 0.0296. The number of carbonyl (C=O) groups excluding carboxylic acids is 1. The number of hydrogen-bond donors (Lipinski definition) is 2. The molecule has 1 aliphatic carbocycles. The Balaban J connectivity index is 1.79. The molecule has 4 heteroatoms. The van der Waals surface area contributed by atoms with Crippen LogP contribution in [0.25, 0.3) is 0 Å². The molecule has 2 rings (SSSR count). The van der Waals surface area contributed by atoms with Crippen molar-refractivity contribution in [2.75, 3.05) is 13.2 Å². The first kappa shape index (κ1) is 14.9. The van der Waals surface area contributed by atoms with Crippen molar-refractivity contribution in [1.29, 1.82) is 0 Å². The first-order chi connectivity index (χ1) is 9.72. The van der Waals surface area contributed by atoms with E-state index < -0.39 is 0 Å². The number of aryl methyl sites for hydroxylation is 1. The molecule has 4 nitrogen and oxygen atoms in total. The van der Waals surface area contributed by atoms with E-state index in [4.69, 9.17) is 4.74 Å². The second-order valence-electron chi connectivity index (χ2n) is 5.34. The highest BCUT2D eigenvalue weighted by Gasteiger charge is 2.27. The lowest BCUT2D eigenvalue weighted by molar-refractivity contribution is -0.124. The van der Waals surface area contributed by atoms with E-state index in [2.05, 4.69) is 12.2 Å². The lowest BCUT2D eigenvalue weighted by Gasteiger charge is -2.19. The molecule has 0 aliphatic heterocycles. The van der Waals surface area contributed by atoms with Crippen LogP contribution in [0.3, 0.4) is 0 Å². The van der Waals surface area contributed by atoms with E-state index in [1.807, 2.05) is 24.3 Å². The van der Waals surface area contributed by atoms with Gasteiger partial charge in [-0.2, -0.15) is 0 Å². The number of nitrogens with one attached hydrogen (secondary N) is 1. The van der Waals surface area contributed by atoms with Crippen molar-refractivity contribution in [3.05, 3.63) is 29.8 Å². The summed E-state index contributed by atoms with van der Waals surface area (Å²) in [5, 5.41) is 12.2. The summed E-state index contributed by atoms with van der Waals surface area (Å²) in [5.74, 6) is 0.809. The summed E-state index contributed by atoms with van der Waals surface area (Å²) in [6.45, 7) is 2.26. The Hall–Kier alpha value is -1.55. The molecular formula is C16H23NO3. The maximum absolute atomic E-state index is 11.9. The monoisotopic (exact) mass is 277 g/mol. The van der Waals surface area contributed by atoms with Crippen molar-refractivity contribution in [3.8, 4) is 5.75 Å². The topological polar surface area (TPSA) is 58.6 Å². The van der Waals surface area contributed by atoms with Gasteiger partial charge in [0.1, 0.15) is 5.75 Å². The molecule has 1 aromatic carbocycles. The van der Waals surface area contributed by atoms with Gasteiger partial charge in [0.15, 0.2) is 6.61 Å². The molecule has 1 aromatic rings. The molecule has 0 aromatic heterocycles. The fraction of sp³-hybridized carbons (Fsp3) is 0.562. The predicted molar refractivity (Wildman–Crippen MR) is 77.7 cm³/mol. The highest BCUT2D eigenvalue weighted by Crippen LogP contribution is 2.24. The number of amides is 1. The molecule has 0 spiro atoms. The van der Waals surface area contributed by atoms with Gasteiger partial charge in [-0.1, -0.05) is 25.5 Å². The van der Waals surface area contributed by atoms with Gasteiger partial charge in [-0.05, 0) is 37.0 Å². The molecule has 1 aliphatic rings. The third kappa shape index (κ3) is 3.97. The molecule has 2 unspecified atom stereocenters. The molecule has 0 bridgehead atoms. The summed E-state index contributed by atoms with van der Waals surface area (Å²) in [6.07, 6.45) is 3.95. The summed E-state index contributed by atoms with van der Waals surface area (Å²) >= 11 is 0. The summed E-state index contributed by atoms with van der Waals surface area (Å²) in [6, 6.07) is 7.89. The summed E-state index contributed by atoms with van der Waals surface area (Å²) < 4.78 is 5.51. The molecule has 1 fully saturated rings. The molecule has 2 N–H and O–H groups in total. The zero-order valence-electron chi connectivity index (χ0n) is 12.0. The lowest BCUT2D eigenvalue weighted by atomic mass is 10.1. The standard InChI is InChI=1S/C16H23NO3/c1-2-12-5-3-7-14(9-12)20-11-16(19)17-15-8-4-6-13(15)10-18/h3,5,7,9,13,15,18H,2,4,6,8,10-11H2,1H3,(H,17,19). The fourth-order valence-electron chi connectivity index (χ4n) is 2.70. The number of ether oxygens (including phenoxy) is 1. The summed E-state index contributed by atoms with van der Waals surface area (Å²) in [5.41, 5.74) is 1.19. The van der Waals surface area contributed by atoms with Crippen molar-refractivity contribution in [1.82, 2.24) is 5.32 Å². The van der Waals surface area contributed by atoms with Gasteiger partial charge in [0.25, 0.3) is 5.91 Å². The van der Waals surface area contributed by atoms with Crippen molar-refractivity contribution < 1.29 is 14.6 Å². The molecule has 1 saturated carbocycles. The van der Waals surface area contributed by atoms with Crippen LogP contribution in [0.15, 0.2) is 24.3 Å². The van der Waals surface area contributed by atoms with Gasteiger partial charge in [0.05, 0.1) is 0 Å². The van der Waals surface area contributed by atoms with E-state index >= 15 is 0 Å². The lowest BCUT2D eigenvalue weighted by Crippen LogP contribution is -2.40. The Morgan fingerprint density at radius 1 is 1.45 bits per heavy atom. The van der Waals surface area contributed by atoms with Crippen LogP contribution in [0.4, 0.5) is 0 Å². The number of aliphatic hydroxyl groups is 1. The largest absolute Gasteiger partial charge is 0.484 e. The molecule has 1 amide bonds. The van der Waals surface area contributed by atoms with Crippen LogP contribution in [0.5, 0.6) is 5.75 Å². The number of rotatable bonds is 6. The summed E-state index contributed by atoms with van der Waals surface area (Å²) in [4.78, 5) is 11.9. The second kappa shape index (κ2) is 7.29. The first-order valence-corrected chi connectivity index (χ1v) is 7.35. The Morgan fingerprint density at radius 2 is 2.30 bits per heavy atom. The third-order valence-electron chi connectivity index (χ3n) is 3.92. The SMILES string of the molecule is CCc1cccc(OCC(=O)NC2CCCC2CO)c1. The Morgan fingerprint density at radius 3 is 3.05 bits per heavy atom. The quantitative estimate of drug-likeness (QED) is 0.835. The molecule has 110 valence electrons. The van der Waals surface area contributed by atoms with Crippen molar-refractivity contribution >= 4 is 5.91 Å².